The zero-order valence-corrected chi connectivity index (χ0v) is 46.4. The van der Waals surface area contributed by atoms with E-state index >= 15 is 0 Å². The predicted octanol–water partition coefficient (Wildman–Crippen LogP) is 4.37. The highest BCUT2D eigenvalue weighted by atomic mass is 16.4. The van der Waals surface area contributed by atoms with Crippen LogP contribution in [0.2, 0.25) is 0 Å². The first-order valence-electron chi connectivity index (χ1n) is 27.7. The quantitative estimate of drug-likeness (QED) is 0.0739. The number of imidazole rings is 4. The van der Waals surface area contributed by atoms with Crippen molar-refractivity contribution in [3.63, 3.8) is 0 Å². The van der Waals surface area contributed by atoms with E-state index < -0.39 is 18.0 Å². The third-order valence-electron chi connectivity index (χ3n) is 16.5. The van der Waals surface area contributed by atoms with E-state index in [1.807, 2.05) is 130 Å². The number of carbonyl (C=O) groups is 2. The van der Waals surface area contributed by atoms with Crippen LogP contribution in [0.25, 0.3) is 44.1 Å². The van der Waals surface area contributed by atoms with Crippen molar-refractivity contribution in [3.05, 3.63) is 221 Å². The van der Waals surface area contributed by atoms with E-state index in [1.165, 1.54) is 16.7 Å². The predicted molar refractivity (Wildman–Crippen MR) is 318 cm³/mol. The first-order valence-corrected chi connectivity index (χ1v) is 27.7. The fraction of sp³-hybridized carbons (Fsp3) is 0.290. The van der Waals surface area contributed by atoms with Crippen LogP contribution in [0.3, 0.4) is 0 Å². The summed E-state index contributed by atoms with van der Waals surface area (Å²) in [7, 11) is 7.85. The number of carboxylic acid groups (broad SMARTS) is 2. The number of carboxylic acids is 2. The minimum atomic E-state index is -1.26. The van der Waals surface area contributed by atoms with Gasteiger partial charge in [0.25, 0.3) is 0 Å². The maximum Gasteiger partial charge on any atom is 0.329 e. The minimum Gasteiger partial charge on any atom is -0.478 e. The van der Waals surface area contributed by atoms with Crippen LogP contribution < -0.4 is 38.7 Å². The van der Waals surface area contributed by atoms with E-state index in [2.05, 4.69) is 80.3 Å². The highest BCUT2D eigenvalue weighted by Gasteiger charge is 2.50. The van der Waals surface area contributed by atoms with E-state index in [4.69, 9.17) is 10.2 Å². The Bertz CT molecular complexity index is 4210. The van der Waals surface area contributed by atoms with Crippen molar-refractivity contribution in [2.75, 3.05) is 28.2 Å². The molecule has 15 rings (SSSR count). The van der Waals surface area contributed by atoms with E-state index in [9.17, 15) is 33.9 Å². The summed E-state index contributed by atoms with van der Waals surface area (Å²) in [6, 6.07) is 46.0. The number of nitrogens with zero attached hydrogens (tertiary/aromatic N) is 7. The van der Waals surface area contributed by atoms with E-state index in [0.717, 1.165) is 93.3 Å². The molecule has 428 valence electrons. The fourth-order valence-electron chi connectivity index (χ4n) is 12.5. The van der Waals surface area contributed by atoms with E-state index in [-0.39, 0.29) is 28.8 Å². The minimum absolute atomic E-state index is 0.00241. The zero-order chi connectivity index (χ0) is 58.2. The molecule has 83 heavy (non-hydrogen) atoms. The first-order chi connectivity index (χ1) is 40.2. The van der Waals surface area contributed by atoms with Crippen LogP contribution >= 0.6 is 0 Å². The summed E-state index contributed by atoms with van der Waals surface area (Å²) < 4.78 is 11.0. The molecule has 9 heterocycles. The summed E-state index contributed by atoms with van der Waals surface area (Å²) >= 11 is 0. The number of para-hydroxylation sites is 4. The van der Waals surface area contributed by atoms with E-state index in [1.54, 1.807) is 9.13 Å². The van der Waals surface area contributed by atoms with Gasteiger partial charge in [-0.1, -0.05) is 109 Å². The third-order valence-corrected chi connectivity index (χ3v) is 16.5. The average molecular weight is 1120 g/mol. The van der Waals surface area contributed by atoms with Crippen molar-refractivity contribution >= 4 is 56.1 Å². The van der Waals surface area contributed by atoms with Crippen LogP contribution in [-0.2, 0) is 61.7 Å². The van der Waals surface area contributed by atoms with Crippen molar-refractivity contribution in [3.8, 4) is 0 Å². The SMILES string of the molecule is CN1C2Cn3c(=O)n(Cc4ccccc4)c4cccc(c43)C21.CNC1Cc2cccc3[nH]c(=O)n(c23)C1.CNC1c2cccc3c2n(c(=O)n3Cc2ccccc2)C[C@H]1O.CN[C@@H]1Cc2cccc3[nH]c(=O)n(c23)C1.O=C(O)/C=C\C(=O)O. The average Bonchev–Trinajstić information content (AvgIpc) is 2.69. The summed E-state index contributed by atoms with van der Waals surface area (Å²) in [5, 5.41) is 35.6. The van der Waals surface area contributed by atoms with Crippen molar-refractivity contribution in [1.29, 1.82) is 0 Å². The molecule has 5 aliphatic heterocycles. The molecule has 0 bridgehead atoms. The number of aromatic nitrogens is 8. The number of likely N-dealkylation sites (N-methyl/N-ethyl adjacent to an activating group) is 4. The van der Waals surface area contributed by atoms with Gasteiger partial charge in [-0.25, -0.2) is 28.8 Å². The van der Waals surface area contributed by atoms with Gasteiger partial charge < -0.3 is 41.2 Å². The molecule has 1 fully saturated rings. The molecular weight excluding hydrogens is 1060 g/mol. The second kappa shape index (κ2) is 23.4. The number of benzene rings is 6. The first kappa shape index (κ1) is 55.8. The summed E-state index contributed by atoms with van der Waals surface area (Å²) in [6.45, 7) is 3.82. The monoisotopic (exact) mass is 1120 g/mol. The molecule has 21 nitrogen and oxygen atoms in total. The standard InChI is InChI=1S/C18H19N3O2.C18H17N3O.2C11H13N3O.C4H4O4/c1-19-16-13-8-5-9-14-17(13)21(11-15(16)22)18(23)20(14)10-12-6-3-2-4-7-12;1-19-15-11-21-17-13(16(15)19)8-5-9-14(17)20(18(21)22)10-12-6-3-2-4-7-12;2*1-12-8-5-7-3-2-4-9-10(7)14(6-8)11(15)13-9;5-3(6)1-2-4(7)8/h2-9,15-16,19,22H,10-11H2,1H3;2-9,15-16H,10-11H2,1H3;2*2-4,8,12H,5-6H2,1H3,(H,13,15);1-2H,(H,5,6)(H,7,8)/b;;;;2-1-/t15-,16?;;8-;;/m1.1../s1. The lowest BCUT2D eigenvalue weighted by Crippen LogP contribution is -2.39. The molecule has 5 aliphatic rings. The smallest absolute Gasteiger partial charge is 0.329 e. The molecule has 0 saturated carbocycles. The lowest BCUT2D eigenvalue weighted by atomic mass is 9.96. The molecule has 8 N–H and O–H groups in total. The number of fused-ring (bicyclic) bond motifs is 2. The van der Waals surface area contributed by atoms with Crippen LogP contribution in [0.1, 0.15) is 45.5 Å². The largest absolute Gasteiger partial charge is 0.478 e. The van der Waals surface area contributed by atoms with Crippen LogP contribution in [0.15, 0.2) is 165 Å². The molecule has 10 aromatic rings. The summed E-state index contributed by atoms with van der Waals surface area (Å²) in [5.41, 5.74) is 15.2. The Morgan fingerprint density at radius 1 is 0.530 bits per heavy atom. The third kappa shape index (κ3) is 10.8. The van der Waals surface area contributed by atoms with Crippen LogP contribution in [0.5, 0.6) is 0 Å². The van der Waals surface area contributed by atoms with Gasteiger partial charge >= 0.3 is 34.7 Å². The molecule has 1 saturated heterocycles. The molecule has 0 spiro atoms. The molecular formula is C62H66N12O9. The number of hydrogen-bond donors (Lipinski definition) is 8. The molecule has 5 unspecified atom stereocenters. The molecule has 7 atom stereocenters. The number of aliphatic carboxylic acids is 2. The Labute approximate surface area is 475 Å². The van der Waals surface area contributed by atoms with Gasteiger partial charge in [0.1, 0.15) is 0 Å². The summed E-state index contributed by atoms with van der Waals surface area (Å²) in [4.78, 5) is 76.4. The van der Waals surface area contributed by atoms with Gasteiger partial charge in [0.05, 0.1) is 82.0 Å². The lowest BCUT2D eigenvalue weighted by molar-refractivity contribution is -0.134. The van der Waals surface area contributed by atoms with Crippen molar-refractivity contribution in [1.82, 2.24) is 58.2 Å². The highest BCUT2D eigenvalue weighted by molar-refractivity contribution is 5.89. The number of hydrogen-bond acceptors (Lipinski definition) is 11. The maximum atomic E-state index is 12.9. The number of aliphatic hydroxyl groups is 1. The molecule has 6 aromatic carbocycles. The molecule has 0 amide bonds. The second-order valence-electron chi connectivity index (χ2n) is 21.5. The van der Waals surface area contributed by atoms with Gasteiger partial charge in [-0.05, 0) is 98.7 Å². The van der Waals surface area contributed by atoms with Crippen LogP contribution in [0, 0.1) is 0 Å². The highest BCUT2D eigenvalue weighted by Crippen LogP contribution is 2.47. The van der Waals surface area contributed by atoms with Gasteiger partial charge in [0.2, 0.25) is 0 Å². The number of aromatic amines is 2. The van der Waals surface area contributed by atoms with Crippen molar-refractivity contribution in [2.45, 2.75) is 88.4 Å². The van der Waals surface area contributed by atoms with Crippen LogP contribution in [-0.4, -0.2) is 122 Å². The van der Waals surface area contributed by atoms with Crippen LogP contribution in [0.4, 0.5) is 0 Å². The Hall–Kier alpha value is -9.12. The number of H-pyrrole nitrogens is 2. The van der Waals surface area contributed by atoms with Gasteiger partial charge in [0, 0.05) is 49.9 Å². The normalized spacial score (nSPS) is 20.3. The van der Waals surface area contributed by atoms with Crippen molar-refractivity contribution in [2.24, 2.45) is 0 Å². The summed E-state index contributed by atoms with van der Waals surface area (Å²) in [5.74, 6) is -2.51. The fourth-order valence-corrected chi connectivity index (χ4v) is 12.5. The Morgan fingerprint density at radius 2 is 0.976 bits per heavy atom. The zero-order valence-electron chi connectivity index (χ0n) is 46.4. The van der Waals surface area contributed by atoms with Gasteiger partial charge in [-0.2, -0.15) is 0 Å². The summed E-state index contributed by atoms with van der Waals surface area (Å²) in [6.07, 6.45) is 2.49. The molecule has 0 aliphatic carbocycles. The Morgan fingerprint density at radius 3 is 1.43 bits per heavy atom. The number of rotatable bonds is 9. The van der Waals surface area contributed by atoms with E-state index in [0.29, 0.717) is 56.0 Å². The lowest BCUT2D eigenvalue weighted by Gasteiger charge is -2.28. The van der Waals surface area contributed by atoms with Crippen molar-refractivity contribution < 1.29 is 24.9 Å². The van der Waals surface area contributed by atoms with Gasteiger partial charge in [0.15, 0.2) is 0 Å². The maximum absolute atomic E-state index is 12.9. The van der Waals surface area contributed by atoms with Gasteiger partial charge in [-0.15, -0.1) is 0 Å². The van der Waals surface area contributed by atoms with Gasteiger partial charge in [-0.3, -0.25) is 32.3 Å². The second-order valence-corrected chi connectivity index (χ2v) is 21.5. The topological polar surface area (TPSA) is 263 Å². The Balaban J connectivity index is 0.000000113. The Kier molecular flexibility index (Phi) is 15.7. The molecule has 21 heteroatoms. The number of aliphatic hydroxyl groups excluding tert-OH is 1. The molecule has 4 aromatic heterocycles. The molecule has 0 radical (unpaired) electrons. The number of nitrogens with one attached hydrogen (secondary N) is 5.